The first-order chi connectivity index (χ1) is 15.1. The van der Waals surface area contributed by atoms with Crippen LogP contribution >= 0.6 is 0 Å². The van der Waals surface area contributed by atoms with Gasteiger partial charge in [-0.2, -0.15) is 0 Å². The Bertz CT molecular complexity index is 1230. The van der Waals surface area contributed by atoms with Gasteiger partial charge in [0.25, 0.3) is 5.91 Å². The van der Waals surface area contributed by atoms with E-state index in [0.29, 0.717) is 17.7 Å². The Morgan fingerprint density at radius 2 is 1.58 bits per heavy atom. The lowest BCUT2D eigenvalue weighted by Gasteiger charge is -2.20. The number of carbonyl (C=O) groups excluding carboxylic acids is 1. The topological polar surface area (TPSA) is 60.3 Å². The summed E-state index contributed by atoms with van der Waals surface area (Å²) in [6.45, 7) is 2.61. The molecule has 0 saturated heterocycles. The molecular formula is C26H24N2O3. The van der Waals surface area contributed by atoms with Gasteiger partial charge in [-0.25, -0.2) is 0 Å². The largest absolute Gasteiger partial charge is 0.497 e. The molecule has 1 aromatic heterocycles. The van der Waals surface area contributed by atoms with Gasteiger partial charge in [0.1, 0.15) is 11.3 Å². The summed E-state index contributed by atoms with van der Waals surface area (Å²) in [5.74, 6) is 0.172. The molecular weight excluding hydrogens is 388 g/mol. The van der Waals surface area contributed by atoms with E-state index < -0.39 is 5.91 Å². The normalized spacial score (nSPS) is 10.9. The van der Waals surface area contributed by atoms with Crippen LogP contribution in [0.4, 0.5) is 0 Å². The highest BCUT2D eigenvalue weighted by molar-refractivity contribution is 5.98. The van der Waals surface area contributed by atoms with E-state index in [-0.39, 0.29) is 17.0 Å². The number of nitrogens with one attached hydrogen (secondary N) is 1. The number of hydrogen-bond donors (Lipinski definition) is 1. The number of rotatable bonds is 6. The number of aromatic nitrogens is 1. The molecule has 31 heavy (non-hydrogen) atoms. The summed E-state index contributed by atoms with van der Waals surface area (Å²) in [6.07, 6.45) is 1.64. The number of benzene rings is 3. The van der Waals surface area contributed by atoms with Crippen molar-refractivity contribution < 1.29 is 9.53 Å². The van der Waals surface area contributed by atoms with Gasteiger partial charge in [0.05, 0.1) is 24.1 Å². The zero-order chi connectivity index (χ0) is 21.8. The van der Waals surface area contributed by atoms with Gasteiger partial charge >= 0.3 is 0 Å². The molecule has 0 radical (unpaired) electrons. The highest BCUT2D eigenvalue weighted by Crippen LogP contribution is 2.23. The Balaban J connectivity index is 1.79. The third-order valence-electron chi connectivity index (χ3n) is 5.41. The number of ether oxygens (including phenoxy) is 1. The van der Waals surface area contributed by atoms with Gasteiger partial charge in [0.2, 0.25) is 5.43 Å². The minimum Gasteiger partial charge on any atom is -0.497 e. The number of amides is 1. The van der Waals surface area contributed by atoms with E-state index in [0.717, 1.165) is 16.6 Å². The minimum atomic E-state index is -0.408. The molecule has 0 aliphatic rings. The summed E-state index contributed by atoms with van der Waals surface area (Å²) in [4.78, 5) is 26.6. The third-order valence-corrected chi connectivity index (χ3v) is 5.41. The molecule has 5 heteroatoms. The van der Waals surface area contributed by atoms with Gasteiger partial charge < -0.3 is 14.6 Å². The Hall–Kier alpha value is -3.86. The number of nitrogens with zero attached hydrogens (tertiary/aromatic N) is 1. The van der Waals surface area contributed by atoms with Crippen molar-refractivity contribution in [3.8, 4) is 5.75 Å². The van der Waals surface area contributed by atoms with E-state index in [1.165, 1.54) is 0 Å². The number of methoxy groups -OCH3 is 1. The van der Waals surface area contributed by atoms with Gasteiger partial charge in [-0.3, -0.25) is 9.59 Å². The van der Waals surface area contributed by atoms with Crippen molar-refractivity contribution in [1.29, 1.82) is 0 Å². The van der Waals surface area contributed by atoms with E-state index in [9.17, 15) is 9.59 Å². The Morgan fingerprint density at radius 1 is 0.968 bits per heavy atom. The molecule has 0 saturated carbocycles. The van der Waals surface area contributed by atoms with Crippen LogP contribution in [0, 0.1) is 0 Å². The lowest BCUT2D eigenvalue weighted by Crippen LogP contribution is -2.33. The van der Waals surface area contributed by atoms with Crippen LogP contribution in [0.25, 0.3) is 10.9 Å². The average molecular weight is 412 g/mol. The molecule has 3 aromatic carbocycles. The first-order valence-corrected chi connectivity index (χ1v) is 10.2. The van der Waals surface area contributed by atoms with Crippen LogP contribution in [0.5, 0.6) is 5.75 Å². The van der Waals surface area contributed by atoms with Crippen LogP contribution in [-0.4, -0.2) is 17.6 Å². The molecule has 156 valence electrons. The Kier molecular flexibility index (Phi) is 5.85. The molecule has 0 atom stereocenters. The Morgan fingerprint density at radius 3 is 2.13 bits per heavy atom. The van der Waals surface area contributed by atoms with Crippen molar-refractivity contribution in [2.75, 3.05) is 7.11 Å². The number of aryl methyl sites for hydroxylation is 1. The van der Waals surface area contributed by atoms with Crippen LogP contribution in [0.1, 0.15) is 34.5 Å². The van der Waals surface area contributed by atoms with E-state index in [1.54, 1.807) is 19.4 Å². The van der Waals surface area contributed by atoms with Gasteiger partial charge in [0.15, 0.2) is 0 Å². The van der Waals surface area contributed by atoms with Crippen LogP contribution in [0.15, 0.2) is 89.9 Å². The summed E-state index contributed by atoms with van der Waals surface area (Å²) >= 11 is 0. The van der Waals surface area contributed by atoms with E-state index >= 15 is 0 Å². The van der Waals surface area contributed by atoms with Crippen LogP contribution in [-0.2, 0) is 6.54 Å². The van der Waals surface area contributed by atoms with Crippen molar-refractivity contribution in [2.24, 2.45) is 0 Å². The zero-order valence-corrected chi connectivity index (χ0v) is 17.5. The summed E-state index contributed by atoms with van der Waals surface area (Å²) in [6, 6.07) is 24.4. The van der Waals surface area contributed by atoms with E-state index in [4.69, 9.17) is 4.74 Å². The quantitative estimate of drug-likeness (QED) is 0.505. The second-order valence-corrected chi connectivity index (χ2v) is 7.27. The van der Waals surface area contributed by atoms with Gasteiger partial charge in [0, 0.05) is 12.7 Å². The zero-order valence-electron chi connectivity index (χ0n) is 17.5. The minimum absolute atomic E-state index is 0.111. The lowest BCUT2D eigenvalue weighted by molar-refractivity contribution is 0.0941. The second kappa shape index (κ2) is 8.88. The molecule has 4 aromatic rings. The molecule has 1 heterocycles. The van der Waals surface area contributed by atoms with E-state index in [1.807, 2.05) is 84.3 Å². The Labute approximate surface area is 180 Å². The molecule has 1 N–H and O–H groups in total. The fraction of sp³-hybridized carbons (Fsp3) is 0.154. The first-order valence-electron chi connectivity index (χ1n) is 10.2. The fourth-order valence-electron chi connectivity index (χ4n) is 3.79. The molecule has 0 fully saturated rings. The predicted molar refractivity (Wildman–Crippen MR) is 123 cm³/mol. The molecule has 0 aliphatic heterocycles. The maximum Gasteiger partial charge on any atom is 0.257 e. The number of fused-ring (bicyclic) bond motifs is 1. The molecule has 0 spiro atoms. The van der Waals surface area contributed by atoms with Gasteiger partial charge in [-0.15, -0.1) is 0 Å². The van der Waals surface area contributed by atoms with Crippen molar-refractivity contribution in [3.05, 3.63) is 112 Å². The van der Waals surface area contributed by atoms with Crippen molar-refractivity contribution >= 4 is 16.8 Å². The standard InChI is InChI=1S/C26H24N2O3/c1-3-28-17-22(25(29)21-16-20(31-2)14-15-23(21)28)26(30)27-24(18-10-6-4-7-11-18)19-12-8-5-9-13-19/h4-17,24H,3H2,1-2H3,(H,27,30). The molecule has 1 amide bonds. The van der Waals surface area contributed by atoms with Crippen molar-refractivity contribution in [1.82, 2.24) is 9.88 Å². The lowest BCUT2D eigenvalue weighted by atomic mass is 9.98. The van der Waals surface area contributed by atoms with Crippen molar-refractivity contribution in [2.45, 2.75) is 19.5 Å². The predicted octanol–water partition coefficient (Wildman–Crippen LogP) is 4.55. The molecule has 0 unspecified atom stereocenters. The highest BCUT2D eigenvalue weighted by Gasteiger charge is 2.21. The van der Waals surface area contributed by atoms with Crippen molar-refractivity contribution in [3.63, 3.8) is 0 Å². The SMILES string of the molecule is CCn1cc(C(=O)NC(c2ccccc2)c2ccccc2)c(=O)c2cc(OC)ccc21. The average Bonchev–Trinajstić information content (AvgIpc) is 2.83. The molecule has 0 bridgehead atoms. The molecule has 0 aliphatic carbocycles. The monoisotopic (exact) mass is 412 g/mol. The summed E-state index contributed by atoms with van der Waals surface area (Å²) in [7, 11) is 1.56. The summed E-state index contributed by atoms with van der Waals surface area (Å²) in [5, 5.41) is 3.53. The molecule has 4 rings (SSSR count). The highest BCUT2D eigenvalue weighted by atomic mass is 16.5. The van der Waals surface area contributed by atoms with E-state index in [2.05, 4.69) is 5.32 Å². The summed E-state index contributed by atoms with van der Waals surface area (Å²) < 4.78 is 7.19. The van der Waals surface area contributed by atoms with Crippen LogP contribution in [0.2, 0.25) is 0 Å². The van der Waals surface area contributed by atoms with Crippen LogP contribution in [0.3, 0.4) is 0 Å². The first kappa shape index (κ1) is 20.4. The fourth-order valence-corrected chi connectivity index (χ4v) is 3.79. The number of carbonyl (C=O) groups is 1. The van der Waals surface area contributed by atoms with Gasteiger partial charge in [-0.05, 0) is 36.2 Å². The second-order valence-electron chi connectivity index (χ2n) is 7.27. The number of hydrogen-bond acceptors (Lipinski definition) is 3. The molecule has 5 nitrogen and oxygen atoms in total. The number of pyridine rings is 1. The summed E-state index contributed by atoms with van der Waals surface area (Å²) in [5.41, 5.74) is 2.46. The van der Waals surface area contributed by atoms with Crippen LogP contribution < -0.4 is 15.5 Å². The maximum atomic E-state index is 13.3. The van der Waals surface area contributed by atoms with Gasteiger partial charge in [-0.1, -0.05) is 60.7 Å². The maximum absolute atomic E-state index is 13.3. The third kappa shape index (κ3) is 4.08. The smallest absolute Gasteiger partial charge is 0.257 e.